The average Bonchev–Trinajstić information content (AvgIpc) is 2.37. The van der Waals surface area contributed by atoms with Gasteiger partial charge in [0.25, 0.3) is 0 Å². The SMILES string of the molecule is COc1ccccc1-c1cc(C)nc(CS)n1. The number of nitrogens with zero attached hydrogens (tertiary/aromatic N) is 2. The number of hydrogen-bond acceptors (Lipinski definition) is 4. The Hall–Kier alpha value is -1.55. The summed E-state index contributed by atoms with van der Waals surface area (Å²) in [7, 11) is 1.66. The number of thiol groups is 1. The van der Waals surface area contributed by atoms with E-state index in [1.54, 1.807) is 7.11 Å². The third kappa shape index (κ3) is 2.58. The van der Waals surface area contributed by atoms with Crippen LogP contribution in [-0.4, -0.2) is 17.1 Å². The molecule has 0 amide bonds. The number of benzene rings is 1. The molecule has 2 aromatic rings. The molecule has 0 spiro atoms. The predicted octanol–water partition coefficient (Wildman–Crippen LogP) is 2.89. The summed E-state index contributed by atoms with van der Waals surface area (Å²) < 4.78 is 5.33. The van der Waals surface area contributed by atoms with E-state index in [4.69, 9.17) is 4.74 Å². The number of hydrogen-bond donors (Lipinski definition) is 1. The topological polar surface area (TPSA) is 35.0 Å². The molecule has 0 unspecified atom stereocenters. The molecule has 0 saturated heterocycles. The van der Waals surface area contributed by atoms with E-state index in [1.807, 2.05) is 37.3 Å². The van der Waals surface area contributed by atoms with Crippen molar-refractivity contribution in [1.82, 2.24) is 9.97 Å². The molecule has 0 radical (unpaired) electrons. The van der Waals surface area contributed by atoms with Crippen LogP contribution in [-0.2, 0) is 5.75 Å². The monoisotopic (exact) mass is 246 g/mol. The molecule has 1 aromatic heterocycles. The maximum absolute atomic E-state index is 5.33. The van der Waals surface area contributed by atoms with Gasteiger partial charge in [-0.05, 0) is 25.1 Å². The Labute approximate surface area is 106 Å². The van der Waals surface area contributed by atoms with Gasteiger partial charge in [0, 0.05) is 11.3 Å². The first-order valence-electron chi connectivity index (χ1n) is 5.33. The molecule has 88 valence electrons. The van der Waals surface area contributed by atoms with Gasteiger partial charge in [0.05, 0.1) is 18.6 Å². The normalized spacial score (nSPS) is 10.3. The van der Waals surface area contributed by atoms with Crippen LogP contribution in [0.3, 0.4) is 0 Å². The molecule has 0 aliphatic heterocycles. The zero-order valence-corrected chi connectivity index (χ0v) is 10.7. The van der Waals surface area contributed by atoms with Crippen LogP contribution >= 0.6 is 12.6 Å². The van der Waals surface area contributed by atoms with E-state index in [2.05, 4.69) is 22.6 Å². The molecule has 0 saturated carbocycles. The van der Waals surface area contributed by atoms with Crippen LogP contribution in [0.4, 0.5) is 0 Å². The first-order valence-corrected chi connectivity index (χ1v) is 5.96. The minimum atomic E-state index is 0.532. The van der Waals surface area contributed by atoms with Gasteiger partial charge in [-0.3, -0.25) is 0 Å². The van der Waals surface area contributed by atoms with Crippen molar-refractivity contribution in [2.75, 3.05) is 7.11 Å². The Morgan fingerprint density at radius 1 is 1.24 bits per heavy atom. The molecule has 2 rings (SSSR count). The molecule has 0 aliphatic carbocycles. The van der Waals surface area contributed by atoms with Crippen molar-refractivity contribution in [2.24, 2.45) is 0 Å². The summed E-state index contributed by atoms with van der Waals surface area (Å²) in [5.41, 5.74) is 2.78. The molecule has 0 bridgehead atoms. The quantitative estimate of drug-likeness (QED) is 0.846. The van der Waals surface area contributed by atoms with Gasteiger partial charge in [-0.25, -0.2) is 9.97 Å². The number of aryl methyl sites for hydroxylation is 1. The van der Waals surface area contributed by atoms with Gasteiger partial charge in [0.15, 0.2) is 0 Å². The maximum Gasteiger partial charge on any atom is 0.138 e. The Kier molecular flexibility index (Phi) is 3.64. The molecule has 0 N–H and O–H groups in total. The van der Waals surface area contributed by atoms with Crippen LogP contribution in [0, 0.1) is 6.92 Å². The average molecular weight is 246 g/mol. The largest absolute Gasteiger partial charge is 0.496 e. The van der Waals surface area contributed by atoms with Gasteiger partial charge in [0.2, 0.25) is 0 Å². The third-order valence-corrected chi connectivity index (χ3v) is 2.71. The van der Waals surface area contributed by atoms with E-state index in [0.29, 0.717) is 5.75 Å². The Morgan fingerprint density at radius 3 is 2.71 bits per heavy atom. The smallest absolute Gasteiger partial charge is 0.138 e. The molecule has 17 heavy (non-hydrogen) atoms. The number of methoxy groups -OCH3 is 1. The van der Waals surface area contributed by atoms with Crippen LogP contribution in [0.2, 0.25) is 0 Å². The van der Waals surface area contributed by atoms with Gasteiger partial charge >= 0.3 is 0 Å². The number of para-hydroxylation sites is 1. The molecule has 1 heterocycles. The molecule has 0 atom stereocenters. The summed E-state index contributed by atoms with van der Waals surface area (Å²) >= 11 is 4.21. The standard InChI is InChI=1S/C13H14N2OS/c1-9-7-11(15-13(8-17)14-9)10-5-3-4-6-12(10)16-2/h3-7,17H,8H2,1-2H3. The number of ether oxygens (including phenoxy) is 1. The highest BCUT2D eigenvalue weighted by Gasteiger charge is 2.08. The summed E-state index contributed by atoms with van der Waals surface area (Å²) in [4.78, 5) is 8.77. The molecule has 0 fully saturated rings. The Bertz CT molecular complexity index is 529. The second-order valence-electron chi connectivity index (χ2n) is 3.67. The fourth-order valence-corrected chi connectivity index (χ4v) is 1.84. The van der Waals surface area contributed by atoms with E-state index in [1.165, 1.54) is 0 Å². The third-order valence-electron chi connectivity index (χ3n) is 2.42. The lowest BCUT2D eigenvalue weighted by Gasteiger charge is -2.09. The van der Waals surface area contributed by atoms with E-state index in [9.17, 15) is 0 Å². The Balaban J connectivity index is 2.55. The van der Waals surface area contributed by atoms with Crippen molar-refractivity contribution < 1.29 is 4.74 Å². The summed E-state index contributed by atoms with van der Waals surface area (Å²) in [6, 6.07) is 9.77. The Morgan fingerprint density at radius 2 is 2.00 bits per heavy atom. The lowest BCUT2D eigenvalue weighted by atomic mass is 10.1. The summed E-state index contributed by atoms with van der Waals surface area (Å²) in [5.74, 6) is 2.08. The fourth-order valence-electron chi connectivity index (χ4n) is 1.69. The molecular weight excluding hydrogens is 232 g/mol. The van der Waals surface area contributed by atoms with Crippen molar-refractivity contribution >= 4 is 12.6 Å². The summed E-state index contributed by atoms with van der Waals surface area (Å²) in [5, 5.41) is 0. The van der Waals surface area contributed by atoms with Crippen molar-refractivity contribution in [3.05, 3.63) is 41.9 Å². The van der Waals surface area contributed by atoms with Crippen molar-refractivity contribution in [3.63, 3.8) is 0 Å². The lowest BCUT2D eigenvalue weighted by molar-refractivity contribution is 0.416. The second-order valence-corrected chi connectivity index (χ2v) is 3.99. The first-order chi connectivity index (χ1) is 8.24. The van der Waals surface area contributed by atoms with E-state index in [0.717, 1.165) is 28.5 Å². The highest BCUT2D eigenvalue weighted by atomic mass is 32.1. The maximum atomic E-state index is 5.33. The van der Waals surface area contributed by atoms with Crippen LogP contribution in [0.15, 0.2) is 30.3 Å². The molecule has 0 aliphatic rings. The van der Waals surface area contributed by atoms with Gasteiger partial charge in [-0.1, -0.05) is 12.1 Å². The van der Waals surface area contributed by atoms with Crippen molar-refractivity contribution in [1.29, 1.82) is 0 Å². The molecular formula is C13H14N2OS. The molecule has 1 aromatic carbocycles. The minimum Gasteiger partial charge on any atom is -0.496 e. The highest BCUT2D eigenvalue weighted by molar-refractivity contribution is 7.79. The van der Waals surface area contributed by atoms with E-state index < -0.39 is 0 Å². The lowest BCUT2D eigenvalue weighted by Crippen LogP contribution is -1.97. The van der Waals surface area contributed by atoms with Crippen molar-refractivity contribution in [2.45, 2.75) is 12.7 Å². The summed E-state index contributed by atoms with van der Waals surface area (Å²) in [6.07, 6.45) is 0. The predicted molar refractivity (Wildman–Crippen MR) is 71.4 cm³/mol. The fraction of sp³-hybridized carbons (Fsp3) is 0.231. The van der Waals surface area contributed by atoms with Crippen LogP contribution < -0.4 is 4.74 Å². The van der Waals surface area contributed by atoms with E-state index in [-0.39, 0.29) is 0 Å². The number of aromatic nitrogens is 2. The van der Waals surface area contributed by atoms with Crippen LogP contribution in [0.5, 0.6) is 5.75 Å². The number of rotatable bonds is 3. The minimum absolute atomic E-state index is 0.532. The molecule has 4 heteroatoms. The molecule has 3 nitrogen and oxygen atoms in total. The van der Waals surface area contributed by atoms with Crippen LogP contribution in [0.1, 0.15) is 11.5 Å². The van der Waals surface area contributed by atoms with E-state index >= 15 is 0 Å². The highest BCUT2D eigenvalue weighted by Crippen LogP contribution is 2.28. The van der Waals surface area contributed by atoms with Gasteiger partial charge in [-0.15, -0.1) is 0 Å². The van der Waals surface area contributed by atoms with Gasteiger partial charge in [-0.2, -0.15) is 12.6 Å². The second kappa shape index (κ2) is 5.19. The van der Waals surface area contributed by atoms with Crippen molar-refractivity contribution in [3.8, 4) is 17.0 Å². The first kappa shape index (κ1) is 11.9. The zero-order valence-electron chi connectivity index (χ0n) is 9.84. The van der Waals surface area contributed by atoms with Gasteiger partial charge in [0.1, 0.15) is 11.6 Å². The zero-order chi connectivity index (χ0) is 12.3. The summed E-state index contributed by atoms with van der Waals surface area (Å²) in [6.45, 7) is 1.95. The van der Waals surface area contributed by atoms with Crippen LogP contribution in [0.25, 0.3) is 11.3 Å². The van der Waals surface area contributed by atoms with Gasteiger partial charge < -0.3 is 4.74 Å².